The summed E-state index contributed by atoms with van der Waals surface area (Å²) in [6.07, 6.45) is 0. The Kier molecular flexibility index (Phi) is 9.88. The van der Waals surface area contributed by atoms with E-state index in [1.54, 1.807) is 0 Å². The predicted molar refractivity (Wildman–Crippen MR) is 310 cm³/mol. The molecule has 0 amide bonds. The first-order valence-corrected chi connectivity index (χ1v) is 26.2. The molecular weight excluding hydrogens is 891 g/mol. The van der Waals surface area contributed by atoms with Crippen LogP contribution in [0.15, 0.2) is 261 Å². The lowest BCUT2D eigenvalue weighted by Gasteiger charge is -2.35. The van der Waals surface area contributed by atoms with Crippen LogP contribution in [-0.2, 0) is 16.2 Å². The van der Waals surface area contributed by atoms with Crippen molar-refractivity contribution in [2.75, 3.05) is 4.90 Å². The van der Waals surface area contributed by atoms with Crippen LogP contribution in [0.25, 0.3) is 66.8 Å². The van der Waals surface area contributed by atoms with Crippen molar-refractivity contribution in [3.63, 3.8) is 0 Å². The van der Waals surface area contributed by atoms with Crippen molar-refractivity contribution >= 4 is 17.1 Å². The third kappa shape index (κ3) is 6.29. The van der Waals surface area contributed by atoms with Crippen LogP contribution < -0.4 is 4.90 Å². The molecule has 3 aliphatic rings. The minimum Gasteiger partial charge on any atom is -0.310 e. The van der Waals surface area contributed by atoms with Crippen molar-refractivity contribution < 1.29 is 0 Å². The standard InChI is InChI=1S/C73H55N/c1-71(2)63-35-19-15-31-60(63)68-58(33-22-37-65(68)71)59-46-45-55(70-69(59)61-32-16-20-36-64(61)73(70,50-25-10-6-11-26-50)51-27-12-7-13-28-51)49-39-41-52(42-40-49)74(67-38-21-17-29-54(67)48-23-8-5-9-24-48)53-43-44-57-56-30-14-18-34-62(56)72(3,4)66(57)47-53/h5-47H,1-4H3. The molecule has 3 aliphatic carbocycles. The molecule has 0 saturated heterocycles. The average Bonchev–Trinajstić information content (AvgIpc) is 4.04. The third-order valence-electron chi connectivity index (χ3n) is 17.0. The second-order valence-electron chi connectivity index (χ2n) is 21.5. The summed E-state index contributed by atoms with van der Waals surface area (Å²) in [5.74, 6) is 0. The fourth-order valence-corrected chi connectivity index (χ4v) is 13.6. The fraction of sp³-hybridized carbons (Fsp3) is 0.0959. The Hall–Kier alpha value is -8.78. The SMILES string of the molecule is CC1(C)c2ccccc2-c2ccc(N(c3ccc(-c4ccc(-c5cccc6c5-c5ccccc5C6(C)C)c5c4C(c4ccccc4)(c4ccccc4)c4ccccc4-5)cc3)c3ccccc3-c3ccccc3)cc21. The maximum Gasteiger partial charge on any atom is 0.0719 e. The van der Waals surface area contributed by atoms with E-state index in [0.29, 0.717) is 0 Å². The lowest BCUT2D eigenvalue weighted by Crippen LogP contribution is -2.29. The van der Waals surface area contributed by atoms with Crippen LogP contribution in [0.1, 0.15) is 72.2 Å². The normalized spacial score (nSPS) is 14.5. The zero-order valence-corrected chi connectivity index (χ0v) is 42.3. The van der Waals surface area contributed by atoms with Gasteiger partial charge in [0.05, 0.1) is 11.1 Å². The van der Waals surface area contributed by atoms with Crippen LogP contribution in [0.5, 0.6) is 0 Å². The van der Waals surface area contributed by atoms with Crippen LogP contribution >= 0.6 is 0 Å². The van der Waals surface area contributed by atoms with Crippen molar-refractivity contribution in [1.82, 2.24) is 0 Å². The highest BCUT2D eigenvalue weighted by Crippen LogP contribution is 2.63. The topological polar surface area (TPSA) is 3.24 Å². The number of nitrogens with zero attached hydrogens (tertiary/aromatic N) is 1. The summed E-state index contributed by atoms with van der Waals surface area (Å²) in [4.78, 5) is 2.47. The maximum atomic E-state index is 2.47. The summed E-state index contributed by atoms with van der Waals surface area (Å²) < 4.78 is 0. The highest BCUT2D eigenvalue weighted by Gasteiger charge is 2.49. The van der Waals surface area contributed by atoms with Crippen LogP contribution in [0.4, 0.5) is 17.1 Å². The minimum absolute atomic E-state index is 0.126. The molecule has 0 N–H and O–H groups in total. The molecule has 0 spiro atoms. The maximum absolute atomic E-state index is 2.47. The van der Waals surface area contributed by atoms with Crippen molar-refractivity contribution in [1.29, 1.82) is 0 Å². The van der Waals surface area contributed by atoms with Gasteiger partial charge in [0.25, 0.3) is 0 Å². The summed E-state index contributed by atoms with van der Waals surface area (Å²) in [7, 11) is 0. The molecule has 74 heavy (non-hydrogen) atoms. The summed E-state index contributed by atoms with van der Waals surface area (Å²) >= 11 is 0. The Morgan fingerprint density at radius 3 is 1.38 bits per heavy atom. The lowest BCUT2D eigenvalue weighted by molar-refractivity contribution is 0.660. The van der Waals surface area contributed by atoms with E-state index < -0.39 is 5.41 Å². The number of para-hydroxylation sites is 1. The number of rotatable bonds is 8. The largest absolute Gasteiger partial charge is 0.310 e. The monoisotopic (exact) mass is 945 g/mol. The van der Waals surface area contributed by atoms with E-state index in [2.05, 4.69) is 293 Å². The first-order valence-electron chi connectivity index (χ1n) is 26.2. The van der Waals surface area contributed by atoms with E-state index in [4.69, 9.17) is 0 Å². The van der Waals surface area contributed by atoms with Gasteiger partial charge in [0, 0.05) is 27.8 Å². The Labute approximate surface area is 435 Å². The van der Waals surface area contributed by atoms with Gasteiger partial charge in [-0.3, -0.25) is 0 Å². The van der Waals surface area contributed by atoms with E-state index in [1.165, 1.54) is 111 Å². The van der Waals surface area contributed by atoms with Gasteiger partial charge in [-0.15, -0.1) is 0 Å². The van der Waals surface area contributed by atoms with Gasteiger partial charge in [-0.2, -0.15) is 0 Å². The van der Waals surface area contributed by atoms with Crippen LogP contribution in [0.3, 0.4) is 0 Å². The molecule has 0 aromatic heterocycles. The zero-order valence-electron chi connectivity index (χ0n) is 42.3. The van der Waals surface area contributed by atoms with E-state index >= 15 is 0 Å². The van der Waals surface area contributed by atoms with Gasteiger partial charge in [0.1, 0.15) is 0 Å². The van der Waals surface area contributed by atoms with E-state index in [9.17, 15) is 0 Å². The molecule has 0 fully saturated rings. The van der Waals surface area contributed by atoms with Crippen molar-refractivity contribution in [2.24, 2.45) is 0 Å². The zero-order chi connectivity index (χ0) is 49.8. The first-order chi connectivity index (χ1) is 36.3. The Morgan fingerprint density at radius 1 is 0.270 bits per heavy atom. The van der Waals surface area contributed by atoms with Gasteiger partial charge in [0.2, 0.25) is 0 Å². The van der Waals surface area contributed by atoms with E-state index in [0.717, 1.165) is 17.1 Å². The summed E-state index contributed by atoms with van der Waals surface area (Å²) in [5.41, 5.74) is 28.3. The van der Waals surface area contributed by atoms with E-state index in [1.807, 2.05) is 0 Å². The summed E-state index contributed by atoms with van der Waals surface area (Å²) in [6, 6.07) is 97.8. The second kappa shape index (κ2) is 16.6. The molecule has 0 heterocycles. The molecule has 352 valence electrons. The van der Waals surface area contributed by atoms with Crippen LogP contribution in [0, 0.1) is 0 Å². The van der Waals surface area contributed by atoms with Gasteiger partial charge in [0.15, 0.2) is 0 Å². The number of benzene rings is 11. The third-order valence-corrected chi connectivity index (χ3v) is 17.0. The van der Waals surface area contributed by atoms with Crippen LogP contribution in [-0.4, -0.2) is 0 Å². The molecule has 1 heteroatoms. The van der Waals surface area contributed by atoms with E-state index in [-0.39, 0.29) is 10.8 Å². The molecule has 11 aromatic carbocycles. The Balaban J connectivity index is 1.02. The fourth-order valence-electron chi connectivity index (χ4n) is 13.6. The number of fused-ring (bicyclic) bond motifs is 9. The summed E-state index contributed by atoms with van der Waals surface area (Å²) in [6.45, 7) is 9.51. The van der Waals surface area contributed by atoms with Crippen molar-refractivity contribution in [2.45, 2.75) is 43.9 Å². The molecule has 11 aromatic rings. The second-order valence-corrected chi connectivity index (χ2v) is 21.5. The number of anilines is 3. The molecule has 0 radical (unpaired) electrons. The Bertz CT molecular complexity index is 3950. The van der Waals surface area contributed by atoms with Gasteiger partial charge in [-0.05, 0) is 136 Å². The molecule has 0 bridgehead atoms. The first kappa shape index (κ1) is 44.0. The van der Waals surface area contributed by atoms with Gasteiger partial charge < -0.3 is 4.90 Å². The lowest BCUT2D eigenvalue weighted by atomic mass is 9.66. The van der Waals surface area contributed by atoms with Gasteiger partial charge >= 0.3 is 0 Å². The molecule has 0 saturated carbocycles. The van der Waals surface area contributed by atoms with Crippen LogP contribution in [0.2, 0.25) is 0 Å². The predicted octanol–water partition coefficient (Wildman–Crippen LogP) is 19.1. The minimum atomic E-state index is -0.622. The van der Waals surface area contributed by atoms with Crippen molar-refractivity contribution in [3.8, 4) is 66.8 Å². The molecule has 1 nitrogen and oxygen atoms in total. The highest BCUT2D eigenvalue weighted by molar-refractivity contribution is 6.04. The molecule has 0 unspecified atom stereocenters. The number of hydrogen-bond acceptors (Lipinski definition) is 1. The molecular formula is C73H55N. The highest BCUT2D eigenvalue weighted by atomic mass is 15.1. The quantitative estimate of drug-likeness (QED) is 0.147. The van der Waals surface area contributed by atoms with Gasteiger partial charge in [-0.1, -0.05) is 258 Å². The average molecular weight is 946 g/mol. The number of hydrogen-bond donors (Lipinski definition) is 0. The van der Waals surface area contributed by atoms with Gasteiger partial charge in [-0.25, -0.2) is 0 Å². The molecule has 14 rings (SSSR count). The smallest absolute Gasteiger partial charge is 0.0719 e. The van der Waals surface area contributed by atoms with Crippen molar-refractivity contribution in [3.05, 3.63) is 305 Å². The Morgan fingerprint density at radius 2 is 0.703 bits per heavy atom. The summed E-state index contributed by atoms with van der Waals surface area (Å²) in [5, 5.41) is 0. The molecule has 0 aliphatic heterocycles. The molecule has 0 atom stereocenters.